The Hall–Kier alpha value is -2.46. The second-order valence-electron chi connectivity index (χ2n) is 12.6. The molecule has 0 bridgehead atoms. The quantitative estimate of drug-likeness (QED) is 0.293. The topological polar surface area (TPSA) is 48.5 Å². The van der Waals surface area contributed by atoms with E-state index in [9.17, 15) is 5.11 Å². The molecule has 2 saturated heterocycles. The SMILES string of the molecule is CC(C)C[C@H]1CNC(=S)N1C[C@H](Cc1ccccc1)N(C)CCN(C)CCN1C[C@H](Cc2ccc(O)cc2)N(C)C1=S. The molecule has 2 aromatic carbocycles. The first kappa shape index (κ1) is 32.5. The molecule has 230 valence electrons. The van der Waals surface area contributed by atoms with Gasteiger partial charge in [-0.05, 0) is 87.0 Å². The van der Waals surface area contributed by atoms with Gasteiger partial charge in [0.2, 0.25) is 0 Å². The van der Waals surface area contributed by atoms with Crippen LogP contribution in [-0.4, -0.2) is 125 Å². The van der Waals surface area contributed by atoms with Gasteiger partial charge in [-0.15, -0.1) is 0 Å². The van der Waals surface area contributed by atoms with Crippen molar-refractivity contribution in [3.05, 3.63) is 65.7 Å². The molecule has 42 heavy (non-hydrogen) atoms. The van der Waals surface area contributed by atoms with Gasteiger partial charge in [-0.3, -0.25) is 0 Å². The third-order valence-corrected chi connectivity index (χ3v) is 9.75. The first-order valence-corrected chi connectivity index (χ1v) is 16.2. The zero-order valence-corrected chi connectivity index (χ0v) is 27.7. The second-order valence-corrected chi connectivity index (χ2v) is 13.4. The van der Waals surface area contributed by atoms with Gasteiger partial charge >= 0.3 is 0 Å². The van der Waals surface area contributed by atoms with Gasteiger partial charge in [-0.25, -0.2) is 0 Å². The minimum atomic E-state index is 0.308. The van der Waals surface area contributed by atoms with Crippen molar-refractivity contribution in [2.24, 2.45) is 5.92 Å². The van der Waals surface area contributed by atoms with Crippen molar-refractivity contribution in [1.29, 1.82) is 0 Å². The zero-order valence-electron chi connectivity index (χ0n) is 26.1. The number of hydrogen-bond donors (Lipinski definition) is 2. The van der Waals surface area contributed by atoms with E-state index in [0.29, 0.717) is 29.8 Å². The maximum Gasteiger partial charge on any atom is 0.171 e. The number of benzene rings is 2. The van der Waals surface area contributed by atoms with Crippen LogP contribution in [-0.2, 0) is 12.8 Å². The molecule has 9 heteroatoms. The molecule has 0 spiro atoms. The van der Waals surface area contributed by atoms with Crippen molar-refractivity contribution >= 4 is 34.7 Å². The number of likely N-dealkylation sites (N-methyl/N-ethyl adjacent to an activating group) is 3. The number of phenols is 1. The van der Waals surface area contributed by atoms with Crippen LogP contribution in [0, 0.1) is 5.92 Å². The average molecular weight is 611 g/mol. The van der Waals surface area contributed by atoms with E-state index < -0.39 is 0 Å². The maximum atomic E-state index is 9.61. The van der Waals surface area contributed by atoms with E-state index in [4.69, 9.17) is 24.4 Å². The molecule has 0 saturated carbocycles. The molecule has 0 aromatic heterocycles. The van der Waals surface area contributed by atoms with Crippen molar-refractivity contribution in [1.82, 2.24) is 29.8 Å². The lowest BCUT2D eigenvalue weighted by Crippen LogP contribution is -2.49. The normalized spacial score (nSPS) is 20.0. The molecule has 2 aliphatic rings. The number of aromatic hydroxyl groups is 1. The third kappa shape index (κ3) is 9.02. The molecule has 2 heterocycles. The van der Waals surface area contributed by atoms with Crippen LogP contribution in [0.15, 0.2) is 54.6 Å². The number of hydrogen-bond acceptors (Lipinski definition) is 5. The molecule has 0 amide bonds. The van der Waals surface area contributed by atoms with Crippen molar-refractivity contribution in [2.45, 2.75) is 51.2 Å². The summed E-state index contributed by atoms with van der Waals surface area (Å²) < 4.78 is 0. The summed E-state index contributed by atoms with van der Waals surface area (Å²) in [5.41, 5.74) is 2.59. The summed E-state index contributed by atoms with van der Waals surface area (Å²) in [6, 6.07) is 19.6. The van der Waals surface area contributed by atoms with Crippen LogP contribution >= 0.6 is 24.4 Å². The van der Waals surface area contributed by atoms with Crippen molar-refractivity contribution in [3.63, 3.8) is 0 Å². The number of rotatable bonds is 15. The molecule has 7 nitrogen and oxygen atoms in total. The van der Waals surface area contributed by atoms with Crippen molar-refractivity contribution in [2.75, 3.05) is 67.0 Å². The first-order chi connectivity index (χ1) is 20.1. The lowest BCUT2D eigenvalue weighted by molar-refractivity contribution is 0.163. The standard InChI is InChI=1S/C33H50N6OS2/c1-25(2)19-28-22-34-32(41)39(28)24-29(20-26-9-7-6-8-10-26)36(4)17-15-35(3)16-18-38-23-30(37(5)33(38)42)21-27-11-13-31(40)14-12-27/h6-14,25,28-30,40H,15-24H2,1-5H3,(H,34,41)/t28-,29-,30-/m0/s1. The highest BCUT2D eigenvalue weighted by Crippen LogP contribution is 2.21. The van der Waals surface area contributed by atoms with E-state index in [-0.39, 0.29) is 0 Å². The largest absolute Gasteiger partial charge is 0.508 e. The van der Waals surface area contributed by atoms with E-state index in [1.807, 2.05) is 12.1 Å². The van der Waals surface area contributed by atoms with E-state index in [2.05, 4.69) is 95.1 Å². The van der Waals surface area contributed by atoms with Gasteiger partial charge in [0.1, 0.15) is 5.75 Å². The monoisotopic (exact) mass is 610 g/mol. The highest BCUT2D eigenvalue weighted by Gasteiger charge is 2.33. The van der Waals surface area contributed by atoms with E-state index in [1.165, 1.54) is 11.1 Å². The predicted molar refractivity (Wildman–Crippen MR) is 182 cm³/mol. The molecule has 0 unspecified atom stereocenters. The Kier molecular flexibility index (Phi) is 11.8. The van der Waals surface area contributed by atoms with Gasteiger partial charge in [0.15, 0.2) is 10.2 Å². The summed E-state index contributed by atoms with van der Waals surface area (Å²) in [4.78, 5) is 12.0. The van der Waals surface area contributed by atoms with Crippen LogP contribution in [0.25, 0.3) is 0 Å². The average Bonchev–Trinajstić information content (AvgIpc) is 3.44. The lowest BCUT2D eigenvalue weighted by atomic mass is 10.0. The maximum absolute atomic E-state index is 9.61. The summed E-state index contributed by atoms with van der Waals surface area (Å²) in [6.45, 7) is 11.3. The van der Waals surface area contributed by atoms with Crippen LogP contribution in [0.5, 0.6) is 5.75 Å². The zero-order chi connectivity index (χ0) is 30.2. The lowest BCUT2D eigenvalue weighted by Gasteiger charge is -2.36. The van der Waals surface area contributed by atoms with Crippen molar-refractivity contribution < 1.29 is 5.11 Å². The van der Waals surface area contributed by atoms with Gasteiger partial charge in [0.25, 0.3) is 0 Å². The highest BCUT2D eigenvalue weighted by molar-refractivity contribution is 7.80. The number of thiocarbonyl (C=S) groups is 2. The van der Waals surface area contributed by atoms with E-state index in [0.717, 1.165) is 75.3 Å². The second kappa shape index (κ2) is 15.3. The fraction of sp³-hybridized carbons (Fsp3) is 0.576. The highest BCUT2D eigenvalue weighted by atomic mass is 32.1. The molecule has 2 aromatic rings. The number of nitrogens with zero attached hydrogens (tertiary/aromatic N) is 5. The molecule has 0 radical (unpaired) electrons. The molecule has 4 rings (SSSR count). The fourth-order valence-electron chi connectivity index (χ4n) is 6.08. The van der Waals surface area contributed by atoms with Crippen LogP contribution in [0.1, 0.15) is 31.4 Å². The minimum absolute atomic E-state index is 0.308. The molecule has 2 aliphatic heterocycles. The Morgan fingerprint density at radius 1 is 0.952 bits per heavy atom. The number of phenolic OH excluding ortho intramolecular Hbond substituents is 1. The number of nitrogens with one attached hydrogen (secondary N) is 1. The predicted octanol–water partition coefficient (Wildman–Crippen LogP) is 3.92. The van der Waals surface area contributed by atoms with Gasteiger partial charge in [-0.1, -0.05) is 56.3 Å². The van der Waals surface area contributed by atoms with E-state index >= 15 is 0 Å². The summed E-state index contributed by atoms with van der Waals surface area (Å²) in [6.07, 6.45) is 3.08. The molecular weight excluding hydrogens is 561 g/mol. The summed E-state index contributed by atoms with van der Waals surface area (Å²) in [5.74, 6) is 0.952. The Balaban J connectivity index is 1.29. The molecule has 3 atom stereocenters. The van der Waals surface area contributed by atoms with Gasteiger partial charge in [0.05, 0.1) is 6.04 Å². The van der Waals surface area contributed by atoms with Gasteiger partial charge in [-0.2, -0.15) is 0 Å². The molecular formula is C33H50N6OS2. The summed E-state index contributed by atoms with van der Waals surface area (Å²) >= 11 is 11.6. The van der Waals surface area contributed by atoms with Crippen LogP contribution in [0.2, 0.25) is 0 Å². The van der Waals surface area contributed by atoms with Crippen LogP contribution in [0.3, 0.4) is 0 Å². The summed E-state index contributed by atoms with van der Waals surface area (Å²) in [7, 11) is 6.59. The van der Waals surface area contributed by atoms with Crippen LogP contribution in [0.4, 0.5) is 0 Å². The Morgan fingerprint density at radius 2 is 1.67 bits per heavy atom. The van der Waals surface area contributed by atoms with Gasteiger partial charge in [0, 0.05) is 64.9 Å². The smallest absolute Gasteiger partial charge is 0.171 e. The molecule has 0 aliphatic carbocycles. The Morgan fingerprint density at radius 3 is 2.36 bits per heavy atom. The fourth-order valence-corrected chi connectivity index (χ4v) is 6.71. The third-order valence-electron chi connectivity index (χ3n) is 8.82. The molecule has 2 N–H and O–H groups in total. The van der Waals surface area contributed by atoms with E-state index in [1.54, 1.807) is 12.1 Å². The minimum Gasteiger partial charge on any atom is -0.508 e. The summed E-state index contributed by atoms with van der Waals surface area (Å²) in [5, 5.41) is 14.9. The van der Waals surface area contributed by atoms with Crippen LogP contribution < -0.4 is 5.32 Å². The van der Waals surface area contributed by atoms with Crippen molar-refractivity contribution in [3.8, 4) is 5.75 Å². The van der Waals surface area contributed by atoms with Gasteiger partial charge < -0.3 is 34.9 Å². The first-order valence-electron chi connectivity index (χ1n) is 15.4. The Bertz CT molecular complexity index is 1150. The Labute approximate surface area is 264 Å². The molecule has 2 fully saturated rings.